The molecular weight excluding hydrogens is 288 g/mol. The van der Waals surface area contributed by atoms with E-state index in [0.717, 1.165) is 11.1 Å². The fourth-order valence-electron chi connectivity index (χ4n) is 2.48. The summed E-state index contributed by atoms with van der Waals surface area (Å²) in [5, 5.41) is 18.1. The van der Waals surface area contributed by atoms with E-state index < -0.39 is 0 Å². The molecular formula is C17H8N6. The van der Waals surface area contributed by atoms with Crippen LogP contribution < -0.4 is 0 Å². The van der Waals surface area contributed by atoms with Crippen molar-refractivity contribution in [3.05, 3.63) is 60.0 Å². The van der Waals surface area contributed by atoms with Crippen LogP contribution in [-0.2, 0) is 0 Å². The van der Waals surface area contributed by atoms with Crippen molar-refractivity contribution >= 4 is 16.9 Å². The molecule has 0 amide bonds. The number of hydrogen-bond acceptors (Lipinski definition) is 5. The number of imidazole rings is 1. The van der Waals surface area contributed by atoms with Crippen LogP contribution in [0.25, 0.3) is 28.1 Å². The lowest BCUT2D eigenvalue weighted by Crippen LogP contribution is -1.96. The summed E-state index contributed by atoms with van der Waals surface area (Å²) in [5.41, 5.74) is 3.59. The van der Waals surface area contributed by atoms with Crippen LogP contribution >= 0.6 is 0 Å². The van der Waals surface area contributed by atoms with Gasteiger partial charge in [0.05, 0.1) is 0 Å². The highest BCUT2D eigenvalue weighted by Crippen LogP contribution is 2.22. The lowest BCUT2D eigenvalue weighted by molar-refractivity contribution is 1.14. The van der Waals surface area contributed by atoms with Gasteiger partial charge in [-0.05, 0) is 23.3 Å². The van der Waals surface area contributed by atoms with Crippen molar-refractivity contribution in [2.75, 3.05) is 0 Å². The first-order valence-corrected chi connectivity index (χ1v) is 6.85. The summed E-state index contributed by atoms with van der Waals surface area (Å²) in [4.78, 5) is 12.7. The maximum Gasteiger partial charge on any atom is 0.199 e. The highest BCUT2D eigenvalue weighted by molar-refractivity contribution is 5.77. The molecule has 0 saturated heterocycles. The minimum absolute atomic E-state index is 0.00770. The van der Waals surface area contributed by atoms with Gasteiger partial charge in [0.2, 0.25) is 0 Å². The van der Waals surface area contributed by atoms with E-state index in [1.54, 1.807) is 4.40 Å². The first-order valence-electron chi connectivity index (χ1n) is 6.85. The molecule has 4 rings (SSSR count). The zero-order valence-corrected chi connectivity index (χ0v) is 11.8. The van der Waals surface area contributed by atoms with Crippen LogP contribution in [0.1, 0.15) is 11.4 Å². The number of nitrogens with zero attached hydrogens (tertiary/aromatic N) is 6. The number of pyridine rings is 1. The number of rotatable bonds is 1. The molecule has 0 aliphatic carbocycles. The second-order valence-electron chi connectivity index (χ2n) is 4.91. The summed E-state index contributed by atoms with van der Waals surface area (Å²) >= 11 is 0. The normalized spacial score (nSPS) is 10.5. The Morgan fingerprint density at radius 3 is 2.30 bits per heavy atom. The average molecular weight is 296 g/mol. The molecule has 0 N–H and O–H groups in total. The first-order chi connectivity index (χ1) is 11.3. The largest absolute Gasteiger partial charge is 0.283 e. The van der Waals surface area contributed by atoms with Gasteiger partial charge in [-0.1, -0.05) is 30.3 Å². The Morgan fingerprint density at radius 2 is 1.57 bits per heavy atom. The Balaban J connectivity index is 1.99. The summed E-state index contributed by atoms with van der Waals surface area (Å²) in [6.07, 6.45) is 1.84. The predicted molar refractivity (Wildman–Crippen MR) is 83.2 cm³/mol. The molecule has 0 atom stereocenters. The van der Waals surface area contributed by atoms with Gasteiger partial charge in [-0.3, -0.25) is 4.40 Å². The van der Waals surface area contributed by atoms with Gasteiger partial charge in [-0.15, -0.1) is 0 Å². The van der Waals surface area contributed by atoms with E-state index in [-0.39, 0.29) is 11.4 Å². The van der Waals surface area contributed by atoms with Crippen molar-refractivity contribution in [1.29, 1.82) is 10.5 Å². The number of hydrogen-bond donors (Lipinski definition) is 0. The standard InChI is InChI=1S/C17H8N6/c18-9-13-14(10-19)21-17-16(20-13)22-15-8-12(6-7-23(15)17)11-4-2-1-3-5-11/h1-8H. The van der Waals surface area contributed by atoms with Gasteiger partial charge in [0.25, 0.3) is 0 Å². The molecule has 0 bridgehead atoms. The Labute approximate surface area is 130 Å². The summed E-state index contributed by atoms with van der Waals surface area (Å²) in [5.74, 6) is 0. The molecule has 0 aliphatic heterocycles. The summed E-state index contributed by atoms with van der Waals surface area (Å²) in [6, 6.07) is 17.6. The van der Waals surface area contributed by atoms with Crippen molar-refractivity contribution in [3.8, 4) is 23.3 Å². The van der Waals surface area contributed by atoms with Gasteiger partial charge in [-0.2, -0.15) is 10.5 Å². The van der Waals surface area contributed by atoms with Gasteiger partial charge in [0, 0.05) is 6.20 Å². The first kappa shape index (κ1) is 12.9. The maximum atomic E-state index is 9.08. The maximum absolute atomic E-state index is 9.08. The predicted octanol–water partition coefficient (Wildman–Crippen LogP) is 2.69. The third kappa shape index (κ3) is 1.98. The van der Waals surface area contributed by atoms with Gasteiger partial charge >= 0.3 is 0 Å². The van der Waals surface area contributed by atoms with Crippen molar-refractivity contribution in [2.24, 2.45) is 0 Å². The van der Waals surface area contributed by atoms with Gasteiger partial charge in [0.15, 0.2) is 22.7 Å². The Hall–Kier alpha value is -3.77. The second-order valence-corrected chi connectivity index (χ2v) is 4.91. The summed E-state index contributed by atoms with van der Waals surface area (Å²) in [6.45, 7) is 0. The van der Waals surface area contributed by atoms with Gasteiger partial charge < -0.3 is 0 Å². The van der Waals surface area contributed by atoms with Gasteiger partial charge in [-0.25, -0.2) is 15.0 Å². The molecule has 0 spiro atoms. The monoisotopic (exact) mass is 296 g/mol. The molecule has 3 aromatic heterocycles. The lowest BCUT2D eigenvalue weighted by atomic mass is 10.1. The van der Waals surface area contributed by atoms with Crippen molar-refractivity contribution in [1.82, 2.24) is 19.4 Å². The Kier molecular flexibility index (Phi) is 2.76. The van der Waals surface area contributed by atoms with Crippen LogP contribution in [0, 0.1) is 22.7 Å². The third-order valence-electron chi connectivity index (χ3n) is 3.56. The molecule has 3 heterocycles. The fraction of sp³-hybridized carbons (Fsp3) is 0. The van der Waals surface area contributed by atoms with E-state index in [1.165, 1.54) is 0 Å². The average Bonchev–Trinajstić information content (AvgIpc) is 2.97. The third-order valence-corrected chi connectivity index (χ3v) is 3.56. The lowest BCUT2D eigenvalue weighted by Gasteiger charge is -2.02. The molecule has 0 unspecified atom stereocenters. The SMILES string of the molecule is N#Cc1nc2nc3cc(-c4ccccc4)ccn3c2nc1C#N. The van der Waals surface area contributed by atoms with E-state index in [0.29, 0.717) is 16.9 Å². The highest BCUT2D eigenvalue weighted by atomic mass is 15.1. The van der Waals surface area contributed by atoms with Crippen LogP contribution in [0.15, 0.2) is 48.7 Å². The quantitative estimate of drug-likeness (QED) is 0.538. The number of benzene rings is 1. The van der Waals surface area contributed by atoms with E-state index in [9.17, 15) is 0 Å². The fourth-order valence-corrected chi connectivity index (χ4v) is 2.48. The zero-order chi connectivity index (χ0) is 15.8. The van der Waals surface area contributed by atoms with Crippen molar-refractivity contribution in [2.45, 2.75) is 0 Å². The molecule has 0 radical (unpaired) electrons. The van der Waals surface area contributed by atoms with E-state index >= 15 is 0 Å². The molecule has 1 aromatic carbocycles. The van der Waals surface area contributed by atoms with Crippen molar-refractivity contribution < 1.29 is 0 Å². The second kappa shape index (κ2) is 4.90. The van der Waals surface area contributed by atoms with E-state index in [4.69, 9.17) is 10.5 Å². The highest BCUT2D eigenvalue weighted by Gasteiger charge is 2.13. The molecule has 0 aliphatic rings. The Bertz CT molecular complexity index is 1130. The molecule has 23 heavy (non-hydrogen) atoms. The molecule has 6 heteroatoms. The molecule has 0 saturated carbocycles. The van der Waals surface area contributed by atoms with Crippen LogP contribution in [0.4, 0.5) is 0 Å². The van der Waals surface area contributed by atoms with Crippen LogP contribution in [0.2, 0.25) is 0 Å². The molecule has 106 valence electrons. The molecule has 6 nitrogen and oxygen atoms in total. The number of nitriles is 2. The molecule has 0 fully saturated rings. The van der Waals surface area contributed by atoms with E-state index in [1.807, 2.05) is 60.8 Å². The Morgan fingerprint density at radius 1 is 0.826 bits per heavy atom. The summed E-state index contributed by atoms with van der Waals surface area (Å²) < 4.78 is 1.76. The molecule has 4 aromatic rings. The van der Waals surface area contributed by atoms with Gasteiger partial charge in [0.1, 0.15) is 17.8 Å². The van der Waals surface area contributed by atoms with Crippen molar-refractivity contribution in [3.63, 3.8) is 0 Å². The summed E-state index contributed by atoms with van der Waals surface area (Å²) in [7, 11) is 0. The van der Waals surface area contributed by atoms with Crippen LogP contribution in [-0.4, -0.2) is 19.4 Å². The minimum Gasteiger partial charge on any atom is -0.283 e. The smallest absolute Gasteiger partial charge is 0.199 e. The number of fused-ring (bicyclic) bond motifs is 3. The zero-order valence-electron chi connectivity index (χ0n) is 11.8. The van der Waals surface area contributed by atoms with E-state index in [2.05, 4.69) is 15.0 Å². The van der Waals surface area contributed by atoms with Crippen LogP contribution in [0.3, 0.4) is 0 Å². The topological polar surface area (TPSA) is 90.7 Å². The van der Waals surface area contributed by atoms with Crippen LogP contribution in [0.5, 0.6) is 0 Å². The minimum atomic E-state index is -0.00770. The number of aromatic nitrogens is 4.